The molecule has 0 fully saturated rings. The van der Waals surface area contributed by atoms with Crippen LogP contribution in [0.25, 0.3) is 0 Å². The zero-order valence-electron chi connectivity index (χ0n) is 9.02. The molecule has 4 nitrogen and oxygen atoms in total. The summed E-state index contributed by atoms with van der Waals surface area (Å²) in [4.78, 5) is 11.1. The number of rotatable bonds is 4. The fraction of sp³-hybridized carbons (Fsp3) is 0.0909. The minimum Gasteiger partial charge on any atom is -0.379 e. The van der Waals surface area contributed by atoms with Gasteiger partial charge in [-0.3, -0.25) is 10.1 Å². The SMILES string of the molecule is O=[N+]([O-])c1ccc(CNc2ccc(Br)cc2Cl)s1. The average Bonchev–Trinajstić information content (AvgIpc) is 2.76. The van der Waals surface area contributed by atoms with E-state index in [4.69, 9.17) is 11.6 Å². The second kappa shape index (κ2) is 5.69. The lowest BCUT2D eigenvalue weighted by atomic mass is 10.3. The van der Waals surface area contributed by atoms with E-state index in [0.717, 1.165) is 26.4 Å². The van der Waals surface area contributed by atoms with Crippen LogP contribution in [0, 0.1) is 10.1 Å². The summed E-state index contributed by atoms with van der Waals surface area (Å²) in [6, 6.07) is 8.77. The highest BCUT2D eigenvalue weighted by Crippen LogP contribution is 2.28. The van der Waals surface area contributed by atoms with Gasteiger partial charge in [-0.05, 0) is 24.3 Å². The van der Waals surface area contributed by atoms with Gasteiger partial charge in [0.25, 0.3) is 0 Å². The Labute approximate surface area is 121 Å². The second-order valence-electron chi connectivity index (χ2n) is 3.47. The van der Waals surface area contributed by atoms with E-state index in [-0.39, 0.29) is 9.92 Å². The number of nitro groups is 1. The maximum absolute atomic E-state index is 10.5. The maximum atomic E-state index is 10.5. The molecule has 0 aliphatic rings. The number of thiophene rings is 1. The Bertz CT molecular complexity index is 588. The van der Waals surface area contributed by atoms with Crippen molar-refractivity contribution in [2.24, 2.45) is 0 Å². The molecule has 2 rings (SSSR count). The van der Waals surface area contributed by atoms with E-state index in [2.05, 4.69) is 21.2 Å². The Morgan fingerprint density at radius 1 is 1.39 bits per heavy atom. The molecule has 7 heteroatoms. The summed E-state index contributed by atoms with van der Waals surface area (Å²) in [5, 5.41) is 14.4. The zero-order valence-corrected chi connectivity index (χ0v) is 12.2. The van der Waals surface area contributed by atoms with Crippen molar-refractivity contribution >= 4 is 49.6 Å². The van der Waals surface area contributed by atoms with Crippen LogP contribution in [0.3, 0.4) is 0 Å². The lowest BCUT2D eigenvalue weighted by Crippen LogP contribution is -1.97. The number of halogens is 2. The predicted octanol–water partition coefficient (Wildman–Crippen LogP) is 4.68. The monoisotopic (exact) mass is 346 g/mol. The molecule has 1 aromatic carbocycles. The fourth-order valence-corrected chi connectivity index (χ4v) is 2.87. The van der Waals surface area contributed by atoms with Crippen molar-refractivity contribution in [2.75, 3.05) is 5.32 Å². The lowest BCUT2D eigenvalue weighted by molar-refractivity contribution is -0.380. The van der Waals surface area contributed by atoms with Gasteiger partial charge in [0.2, 0.25) is 0 Å². The molecule has 0 spiro atoms. The maximum Gasteiger partial charge on any atom is 0.324 e. The lowest BCUT2D eigenvalue weighted by Gasteiger charge is -2.06. The second-order valence-corrected chi connectivity index (χ2v) is 5.94. The van der Waals surface area contributed by atoms with Crippen LogP contribution >= 0.6 is 38.9 Å². The molecule has 2 aromatic rings. The standard InChI is InChI=1S/C11H8BrClN2O2S/c12-7-1-3-10(9(13)5-7)14-6-8-2-4-11(18-8)15(16)17/h1-5,14H,6H2. The van der Waals surface area contributed by atoms with Crippen LogP contribution in [0.4, 0.5) is 10.7 Å². The van der Waals surface area contributed by atoms with Crippen LogP contribution < -0.4 is 5.32 Å². The topological polar surface area (TPSA) is 55.2 Å². The Balaban J connectivity index is 2.04. The van der Waals surface area contributed by atoms with Gasteiger partial charge in [0.1, 0.15) is 0 Å². The van der Waals surface area contributed by atoms with Crippen molar-refractivity contribution in [1.29, 1.82) is 0 Å². The first kappa shape index (κ1) is 13.3. The molecule has 1 N–H and O–H groups in total. The van der Waals surface area contributed by atoms with Crippen LogP contribution in [0.1, 0.15) is 4.88 Å². The van der Waals surface area contributed by atoms with Gasteiger partial charge < -0.3 is 5.32 Å². The Morgan fingerprint density at radius 2 is 2.17 bits per heavy atom. The molecule has 0 bridgehead atoms. The van der Waals surface area contributed by atoms with Gasteiger partial charge in [0.05, 0.1) is 15.6 Å². The minimum atomic E-state index is -0.388. The van der Waals surface area contributed by atoms with Crippen molar-refractivity contribution in [3.05, 3.63) is 54.8 Å². The largest absolute Gasteiger partial charge is 0.379 e. The molecule has 18 heavy (non-hydrogen) atoms. The molecule has 0 atom stereocenters. The summed E-state index contributed by atoms with van der Waals surface area (Å²) in [6.45, 7) is 0.514. The van der Waals surface area contributed by atoms with E-state index >= 15 is 0 Å². The molecule has 0 radical (unpaired) electrons. The van der Waals surface area contributed by atoms with E-state index in [0.29, 0.717) is 11.6 Å². The Kier molecular flexibility index (Phi) is 4.21. The van der Waals surface area contributed by atoms with E-state index in [1.165, 1.54) is 6.07 Å². The minimum absolute atomic E-state index is 0.147. The van der Waals surface area contributed by atoms with Gasteiger partial charge in [-0.2, -0.15) is 0 Å². The summed E-state index contributed by atoms with van der Waals surface area (Å²) < 4.78 is 0.907. The first-order valence-corrected chi connectivity index (χ1v) is 6.97. The highest BCUT2D eigenvalue weighted by Gasteiger charge is 2.09. The van der Waals surface area contributed by atoms with Crippen molar-refractivity contribution in [3.8, 4) is 0 Å². The Morgan fingerprint density at radius 3 is 2.78 bits per heavy atom. The van der Waals surface area contributed by atoms with E-state index < -0.39 is 0 Å². The quantitative estimate of drug-likeness (QED) is 0.645. The van der Waals surface area contributed by atoms with Crippen LogP contribution in [0.2, 0.25) is 5.02 Å². The number of benzene rings is 1. The van der Waals surface area contributed by atoms with Gasteiger partial charge in [0, 0.05) is 22.0 Å². The molecular formula is C11H8BrClN2O2S. The third-order valence-electron chi connectivity index (χ3n) is 2.21. The molecule has 0 aliphatic heterocycles. The molecule has 0 unspecified atom stereocenters. The average molecular weight is 348 g/mol. The van der Waals surface area contributed by atoms with Crippen LogP contribution in [-0.4, -0.2) is 4.92 Å². The van der Waals surface area contributed by atoms with Gasteiger partial charge in [-0.25, -0.2) is 0 Å². The van der Waals surface area contributed by atoms with Crippen molar-refractivity contribution in [3.63, 3.8) is 0 Å². The van der Waals surface area contributed by atoms with Gasteiger partial charge in [-0.15, -0.1) is 0 Å². The highest BCUT2D eigenvalue weighted by molar-refractivity contribution is 9.10. The van der Waals surface area contributed by atoms with Crippen LogP contribution in [0.15, 0.2) is 34.8 Å². The van der Waals surface area contributed by atoms with Crippen molar-refractivity contribution in [1.82, 2.24) is 0 Å². The molecule has 1 heterocycles. The van der Waals surface area contributed by atoms with Crippen molar-refractivity contribution in [2.45, 2.75) is 6.54 Å². The van der Waals surface area contributed by atoms with Gasteiger partial charge in [-0.1, -0.05) is 38.9 Å². The summed E-state index contributed by atoms with van der Waals surface area (Å²) >= 11 is 10.5. The van der Waals surface area contributed by atoms with E-state index in [1.54, 1.807) is 12.1 Å². The van der Waals surface area contributed by atoms with Gasteiger partial charge in [0.15, 0.2) is 0 Å². The fourth-order valence-electron chi connectivity index (χ4n) is 1.37. The van der Waals surface area contributed by atoms with Gasteiger partial charge >= 0.3 is 5.00 Å². The van der Waals surface area contributed by atoms with Crippen LogP contribution in [0.5, 0.6) is 0 Å². The molecule has 0 amide bonds. The Hall–Kier alpha value is -1.11. The smallest absolute Gasteiger partial charge is 0.324 e. The zero-order chi connectivity index (χ0) is 13.1. The number of anilines is 1. The molecule has 1 aromatic heterocycles. The predicted molar refractivity (Wildman–Crippen MR) is 77.5 cm³/mol. The summed E-state index contributed by atoms with van der Waals surface area (Å²) in [5.74, 6) is 0. The molecule has 94 valence electrons. The summed E-state index contributed by atoms with van der Waals surface area (Å²) in [5.41, 5.74) is 0.802. The summed E-state index contributed by atoms with van der Waals surface area (Å²) in [6.07, 6.45) is 0. The third kappa shape index (κ3) is 3.22. The molecule has 0 saturated carbocycles. The van der Waals surface area contributed by atoms with Crippen LogP contribution in [-0.2, 0) is 6.54 Å². The van der Waals surface area contributed by atoms with E-state index in [1.807, 2.05) is 12.1 Å². The number of hydrogen-bond donors (Lipinski definition) is 1. The number of nitrogens with zero attached hydrogens (tertiary/aromatic N) is 1. The van der Waals surface area contributed by atoms with Crippen molar-refractivity contribution < 1.29 is 4.92 Å². The number of hydrogen-bond acceptors (Lipinski definition) is 4. The normalized spacial score (nSPS) is 10.3. The molecule has 0 aliphatic carbocycles. The number of nitrogens with one attached hydrogen (secondary N) is 1. The first-order valence-electron chi connectivity index (χ1n) is 4.98. The molecule has 0 saturated heterocycles. The highest BCUT2D eigenvalue weighted by atomic mass is 79.9. The van der Waals surface area contributed by atoms with E-state index in [9.17, 15) is 10.1 Å². The third-order valence-corrected chi connectivity index (χ3v) is 4.05. The summed E-state index contributed by atoms with van der Waals surface area (Å²) in [7, 11) is 0. The first-order chi connectivity index (χ1) is 8.56. The molecular weight excluding hydrogens is 340 g/mol.